The fourth-order valence-corrected chi connectivity index (χ4v) is 2.48. The summed E-state index contributed by atoms with van der Waals surface area (Å²) in [6, 6.07) is 0.834. The summed E-state index contributed by atoms with van der Waals surface area (Å²) in [4.78, 5) is 2.55. The predicted molar refractivity (Wildman–Crippen MR) is 47.5 cm³/mol. The van der Waals surface area contributed by atoms with E-state index in [1.165, 1.54) is 32.2 Å². The van der Waals surface area contributed by atoms with Crippen LogP contribution in [0.25, 0.3) is 0 Å². The Morgan fingerprint density at radius 3 is 2.27 bits per heavy atom. The molecule has 11 heavy (non-hydrogen) atoms. The molecule has 1 nitrogen and oxygen atoms in total. The van der Waals surface area contributed by atoms with Gasteiger partial charge >= 0.3 is 0 Å². The van der Waals surface area contributed by atoms with Gasteiger partial charge in [-0.3, -0.25) is 0 Å². The summed E-state index contributed by atoms with van der Waals surface area (Å²) >= 11 is 0. The van der Waals surface area contributed by atoms with Gasteiger partial charge in [0.25, 0.3) is 0 Å². The molecule has 0 amide bonds. The molecule has 1 saturated carbocycles. The number of hydrogen-bond donors (Lipinski definition) is 0. The van der Waals surface area contributed by atoms with Crippen LogP contribution in [0.2, 0.25) is 0 Å². The molecule has 0 bridgehead atoms. The van der Waals surface area contributed by atoms with Gasteiger partial charge in [0.1, 0.15) is 0 Å². The van der Waals surface area contributed by atoms with Gasteiger partial charge in [-0.05, 0) is 51.5 Å². The average Bonchev–Trinajstić information content (AvgIpc) is 2.03. The second-order valence-corrected chi connectivity index (χ2v) is 4.46. The van der Waals surface area contributed by atoms with Gasteiger partial charge in [0.05, 0.1) is 0 Å². The summed E-state index contributed by atoms with van der Waals surface area (Å²) in [5, 5.41) is 0. The molecular formula is C10H19N. The molecule has 2 rings (SSSR count). The lowest BCUT2D eigenvalue weighted by Gasteiger charge is -2.36. The Hall–Kier alpha value is -0.0400. The largest absolute Gasteiger partial charge is 0.303 e. The number of likely N-dealkylation sites (tertiary alicyclic amines) is 1. The van der Waals surface area contributed by atoms with E-state index in [2.05, 4.69) is 18.9 Å². The second-order valence-electron chi connectivity index (χ2n) is 4.46. The van der Waals surface area contributed by atoms with Gasteiger partial charge in [-0.25, -0.2) is 0 Å². The van der Waals surface area contributed by atoms with E-state index in [9.17, 15) is 0 Å². The van der Waals surface area contributed by atoms with Crippen molar-refractivity contribution in [3.63, 3.8) is 0 Å². The monoisotopic (exact) mass is 153 g/mol. The molecule has 2 fully saturated rings. The van der Waals surface area contributed by atoms with Crippen molar-refractivity contribution in [1.82, 2.24) is 4.90 Å². The van der Waals surface area contributed by atoms with Crippen LogP contribution in [0, 0.1) is 11.8 Å². The van der Waals surface area contributed by atoms with E-state index in [-0.39, 0.29) is 0 Å². The SMILES string of the molecule is CC1CCC2CCC2CN1C. The van der Waals surface area contributed by atoms with Crippen LogP contribution >= 0.6 is 0 Å². The molecule has 0 radical (unpaired) electrons. The molecule has 2 aliphatic rings. The molecule has 0 aromatic carbocycles. The smallest absolute Gasteiger partial charge is 0.00641 e. The molecule has 1 heterocycles. The molecule has 1 saturated heterocycles. The molecule has 3 atom stereocenters. The fraction of sp³-hybridized carbons (Fsp3) is 1.00. The molecule has 1 heteroatoms. The summed E-state index contributed by atoms with van der Waals surface area (Å²) in [5.41, 5.74) is 0. The van der Waals surface area contributed by atoms with Crippen LogP contribution in [0.15, 0.2) is 0 Å². The van der Waals surface area contributed by atoms with Crippen LogP contribution in [0.3, 0.4) is 0 Å². The number of hydrogen-bond acceptors (Lipinski definition) is 1. The van der Waals surface area contributed by atoms with Gasteiger partial charge in [0.15, 0.2) is 0 Å². The first-order valence-electron chi connectivity index (χ1n) is 4.97. The fourth-order valence-electron chi connectivity index (χ4n) is 2.48. The van der Waals surface area contributed by atoms with Crippen molar-refractivity contribution in [3.05, 3.63) is 0 Å². The van der Waals surface area contributed by atoms with Crippen molar-refractivity contribution in [2.75, 3.05) is 13.6 Å². The van der Waals surface area contributed by atoms with E-state index in [0.29, 0.717) is 0 Å². The molecule has 0 aromatic heterocycles. The first-order valence-corrected chi connectivity index (χ1v) is 4.97. The van der Waals surface area contributed by atoms with Crippen molar-refractivity contribution < 1.29 is 0 Å². The Kier molecular flexibility index (Phi) is 1.92. The van der Waals surface area contributed by atoms with Crippen LogP contribution in [0.4, 0.5) is 0 Å². The Labute approximate surface area is 69.8 Å². The zero-order valence-electron chi connectivity index (χ0n) is 7.71. The molecule has 1 aliphatic carbocycles. The number of rotatable bonds is 0. The quantitative estimate of drug-likeness (QED) is 0.515. The summed E-state index contributed by atoms with van der Waals surface area (Å²) < 4.78 is 0. The normalized spacial score (nSPS) is 45.8. The van der Waals surface area contributed by atoms with E-state index in [0.717, 1.165) is 17.9 Å². The molecule has 0 spiro atoms. The Morgan fingerprint density at radius 2 is 1.64 bits per heavy atom. The highest BCUT2D eigenvalue weighted by Gasteiger charge is 2.34. The molecule has 1 aliphatic heterocycles. The minimum absolute atomic E-state index is 0.834. The predicted octanol–water partition coefficient (Wildman–Crippen LogP) is 2.13. The third-order valence-corrected chi connectivity index (χ3v) is 3.81. The van der Waals surface area contributed by atoms with Gasteiger partial charge < -0.3 is 4.90 Å². The highest BCUT2D eigenvalue weighted by molar-refractivity contribution is 4.87. The maximum absolute atomic E-state index is 2.55. The van der Waals surface area contributed by atoms with E-state index in [1.54, 1.807) is 0 Å². The molecule has 64 valence electrons. The Morgan fingerprint density at radius 1 is 1.00 bits per heavy atom. The van der Waals surface area contributed by atoms with Gasteiger partial charge in [0.2, 0.25) is 0 Å². The van der Waals surface area contributed by atoms with Crippen molar-refractivity contribution in [2.45, 2.75) is 38.6 Å². The minimum Gasteiger partial charge on any atom is -0.303 e. The summed E-state index contributed by atoms with van der Waals surface area (Å²) in [5.74, 6) is 2.16. The Bertz CT molecular complexity index is 138. The summed E-state index contributed by atoms with van der Waals surface area (Å²) in [6.07, 6.45) is 5.95. The van der Waals surface area contributed by atoms with Crippen molar-refractivity contribution in [1.29, 1.82) is 0 Å². The van der Waals surface area contributed by atoms with E-state index < -0.39 is 0 Å². The molecule has 0 N–H and O–H groups in total. The van der Waals surface area contributed by atoms with Crippen molar-refractivity contribution in [2.24, 2.45) is 11.8 Å². The van der Waals surface area contributed by atoms with Gasteiger partial charge in [-0.2, -0.15) is 0 Å². The zero-order valence-corrected chi connectivity index (χ0v) is 7.71. The van der Waals surface area contributed by atoms with Crippen LogP contribution in [0.1, 0.15) is 32.6 Å². The lowest BCUT2D eigenvalue weighted by Crippen LogP contribution is -2.35. The topological polar surface area (TPSA) is 3.24 Å². The Balaban J connectivity index is 1.97. The van der Waals surface area contributed by atoms with Crippen molar-refractivity contribution >= 4 is 0 Å². The maximum Gasteiger partial charge on any atom is 0.00641 e. The molecule has 0 aromatic rings. The summed E-state index contributed by atoms with van der Waals surface area (Å²) in [6.45, 7) is 3.73. The van der Waals surface area contributed by atoms with Gasteiger partial charge in [-0.1, -0.05) is 0 Å². The van der Waals surface area contributed by atoms with E-state index in [4.69, 9.17) is 0 Å². The van der Waals surface area contributed by atoms with E-state index in [1.807, 2.05) is 0 Å². The van der Waals surface area contributed by atoms with Crippen molar-refractivity contribution in [3.8, 4) is 0 Å². The molecule has 3 unspecified atom stereocenters. The number of nitrogens with zero attached hydrogens (tertiary/aromatic N) is 1. The van der Waals surface area contributed by atoms with Crippen LogP contribution < -0.4 is 0 Å². The second kappa shape index (κ2) is 2.78. The summed E-state index contributed by atoms with van der Waals surface area (Å²) in [7, 11) is 2.28. The maximum atomic E-state index is 2.55. The molecular weight excluding hydrogens is 134 g/mol. The van der Waals surface area contributed by atoms with Gasteiger partial charge in [-0.15, -0.1) is 0 Å². The average molecular weight is 153 g/mol. The van der Waals surface area contributed by atoms with E-state index >= 15 is 0 Å². The lowest BCUT2D eigenvalue weighted by atomic mass is 9.72. The first kappa shape index (κ1) is 7.60. The van der Waals surface area contributed by atoms with Crippen LogP contribution in [-0.2, 0) is 0 Å². The highest BCUT2D eigenvalue weighted by Crippen LogP contribution is 2.40. The van der Waals surface area contributed by atoms with Crippen LogP contribution in [0.5, 0.6) is 0 Å². The highest BCUT2D eigenvalue weighted by atomic mass is 15.1. The first-order chi connectivity index (χ1) is 5.27. The lowest BCUT2D eigenvalue weighted by molar-refractivity contribution is 0.139. The zero-order chi connectivity index (χ0) is 7.84. The van der Waals surface area contributed by atoms with Crippen LogP contribution in [-0.4, -0.2) is 24.5 Å². The van der Waals surface area contributed by atoms with Gasteiger partial charge in [0, 0.05) is 12.6 Å². The standard InChI is InChI=1S/C10H19N/c1-8-3-4-9-5-6-10(9)7-11(8)2/h8-10H,3-7H2,1-2H3. The number of fused-ring (bicyclic) bond motifs is 1. The minimum atomic E-state index is 0.834. The third-order valence-electron chi connectivity index (χ3n) is 3.81. The third kappa shape index (κ3) is 1.31.